The van der Waals surface area contributed by atoms with Gasteiger partial charge in [-0.1, -0.05) is 68.8 Å². The summed E-state index contributed by atoms with van der Waals surface area (Å²) in [7, 11) is 0.692. The molecule has 11 radical (unpaired) electrons. The van der Waals surface area contributed by atoms with Crippen LogP contribution >= 0.6 is 0 Å². The van der Waals surface area contributed by atoms with Crippen LogP contribution < -0.4 is 4.65 Å². The van der Waals surface area contributed by atoms with Gasteiger partial charge in [0.15, 0.2) is 0 Å². The Morgan fingerprint density at radius 1 is 0.312 bits per heavy atom. The van der Waals surface area contributed by atoms with Gasteiger partial charge in [0.2, 0.25) is 0 Å². The van der Waals surface area contributed by atoms with Gasteiger partial charge in [-0.3, -0.25) is 0 Å². The maximum atomic E-state index is 8.70. The fourth-order valence-electron chi connectivity index (χ4n) is 6.78. The van der Waals surface area contributed by atoms with E-state index in [0.717, 1.165) is 44.5 Å². The molecule has 0 unspecified atom stereocenters. The van der Waals surface area contributed by atoms with Crippen LogP contribution in [0.1, 0.15) is 16.7 Å². The van der Waals surface area contributed by atoms with E-state index < -0.39 is 0 Å². The quantitative estimate of drug-likeness (QED) is 0.141. The first-order valence-corrected chi connectivity index (χ1v) is 17.8. The minimum Gasteiger partial charge on any atom is -0.544 e. The summed E-state index contributed by atoms with van der Waals surface area (Å²) in [6, 6.07) is 72.7. The van der Waals surface area contributed by atoms with Gasteiger partial charge >= 0.3 is 7.69 Å². The van der Waals surface area contributed by atoms with Gasteiger partial charge < -0.3 is 9.68 Å². The molecule has 0 aromatic heterocycles. The van der Waals surface area contributed by atoms with Gasteiger partial charge in [-0.05, 0) is 6.07 Å². The number of aryl methyl sites for hydroxylation is 3. The largest absolute Gasteiger partial charge is 0.568 e. The van der Waals surface area contributed by atoms with Gasteiger partial charge in [0.05, 0.1) is 5.75 Å². The van der Waals surface area contributed by atoms with Crippen molar-refractivity contribution >= 4 is 7.69 Å². The summed E-state index contributed by atoms with van der Waals surface area (Å²) in [5.41, 5.74) is 17.2. The first-order valence-electron chi connectivity index (χ1n) is 17.8. The van der Waals surface area contributed by atoms with Crippen molar-refractivity contribution in [2.24, 2.45) is 0 Å². The minimum absolute atomic E-state index is 0. The van der Waals surface area contributed by atoms with Gasteiger partial charge in [-0.2, -0.15) is 94.5 Å². The zero-order valence-corrected chi connectivity index (χ0v) is 64.6. The molecule has 1 aliphatic carbocycles. The molecule has 2 nitrogen and oxygen atoms in total. The number of benzene rings is 8. The molecule has 64 heavy (non-hydrogen) atoms. The van der Waals surface area contributed by atoms with Gasteiger partial charge in [0, 0.05) is 327 Å². The Labute approximate surface area is 634 Å². The second-order valence-corrected chi connectivity index (χ2v) is 12.8. The number of hydrogen-bond donors (Lipinski definition) is 1. The van der Waals surface area contributed by atoms with E-state index >= 15 is 0 Å². The van der Waals surface area contributed by atoms with Crippen LogP contribution in [-0.2, 0) is 327 Å². The Morgan fingerprint density at radius 3 is 1.03 bits per heavy atom. The van der Waals surface area contributed by atoms with Crippen LogP contribution in [0.2, 0.25) is 0 Å². The van der Waals surface area contributed by atoms with Crippen LogP contribution in [0.4, 0.5) is 0 Å². The van der Waals surface area contributed by atoms with Crippen LogP contribution in [0, 0.1) is 57.2 Å². The van der Waals surface area contributed by atoms with Crippen LogP contribution in [0.3, 0.4) is 0 Å². The molecule has 9 rings (SSSR count). The molecule has 8 aromatic carbocycles. The van der Waals surface area contributed by atoms with Gasteiger partial charge in [-0.25, -0.2) is 22.3 Å². The second-order valence-electron chi connectivity index (χ2n) is 12.8. The van der Waals surface area contributed by atoms with E-state index in [9.17, 15) is 0 Å². The predicted molar refractivity (Wildman–Crippen MR) is 221 cm³/mol. The van der Waals surface area contributed by atoms with Crippen molar-refractivity contribution in [3.63, 3.8) is 0 Å². The Morgan fingerprint density at radius 2 is 0.609 bits per heavy atom. The number of hydrogen-bond acceptors (Lipinski definition) is 2. The Kier molecular flexibility index (Phi) is 47.0. The van der Waals surface area contributed by atoms with E-state index in [0.29, 0.717) is 13.4 Å². The maximum absolute atomic E-state index is 8.70. The van der Waals surface area contributed by atoms with E-state index in [2.05, 4.69) is 117 Å². The summed E-state index contributed by atoms with van der Waals surface area (Å²) in [5, 5.41) is 8.70. The van der Waals surface area contributed by atoms with Crippen LogP contribution in [0.5, 0.6) is 5.75 Å². The topological polar surface area (TPSA) is 29.5 Å². The molecule has 0 amide bonds. The first-order chi connectivity index (χ1) is 26.5. The van der Waals surface area contributed by atoms with Crippen LogP contribution in [-0.4, -0.2) is 12.7 Å². The normalized spacial score (nSPS) is 8.94. The van der Waals surface area contributed by atoms with Crippen molar-refractivity contribution in [3.05, 3.63) is 211 Å². The summed E-state index contributed by atoms with van der Waals surface area (Å²) in [6.45, 7) is 6.23. The second kappa shape index (κ2) is 40.0. The molecule has 0 spiro atoms. The Bertz CT molecular complexity index is 2230. The van der Waals surface area contributed by atoms with Crippen molar-refractivity contribution in [1.29, 1.82) is 0 Å². The first kappa shape index (κ1) is 75.1. The summed E-state index contributed by atoms with van der Waals surface area (Å²) < 4.78 is 5.06. The van der Waals surface area contributed by atoms with Crippen LogP contribution in [0.25, 0.3) is 66.8 Å². The third-order valence-electron chi connectivity index (χ3n) is 9.37. The molecule has 0 heterocycles. The van der Waals surface area contributed by atoms with Gasteiger partial charge in [0.1, 0.15) is 0 Å². The average Bonchev–Trinajstić information content (AvgIpc) is 3.22. The molecule has 1 N–H and O–H groups in total. The predicted octanol–water partition coefficient (Wildman–Crippen LogP) is 12.0. The van der Waals surface area contributed by atoms with Gasteiger partial charge in [0.25, 0.3) is 0 Å². The molecule has 1 aliphatic rings. The van der Waals surface area contributed by atoms with Crippen LogP contribution in [0.15, 0.2) is 158 Å². The van der Waals surface area contributed by atoms with E-state index in [4.69, 9.17) is 9.68 Å². The fraction of sp³-hybridized carbons (Fsp3) is 0.0588. The third kappa shape index (κ3) is 20.1. The standard InChI is InChI=1S/C24H13.C14H12.C13H11BO2.10Y/c1-2-10-18-17(9-1)19-11-3-4-13-21(19)23-15-7-8-16-24(23)22-14-6-5-12-20(18)22;1-11-7-3-5-9-13(11)14-10-6-4-8-12(14)2;1-10-6-2-3-7-11(10)12-8-4-5-9-13(12)16-14-15;;;;;;;;;;/h1-11,14,16H;3-8H,1-2H3;2-6,8-9,15H,1H3;;;;;;;;;;/q-3;-2;-1;;;;;;;;;;. The molecule has 0 saturated carbocycles. The summed E-state index contributed by atoms with van der Waals surface area (Å²) in [6.07, 6.45) is 0. The number of rotatable bonds is 4. The summed E-state index contributed by atoms with van der Waals surface area (Å²) >= 11 is 0. The summed E-state index contributed by atoms with van der Waals surface area (Å²) in [5.74, 6) is 0.621. The van der Waals surface area contributed by atoms with Crippen molar-refractivity contribution in [2.75, 3.05) is 0 Å². The molecule has 0 aliphatic heterocycles. The Balaban J connectivity index is -0.000000406. The average molecular weight is 1580 g/mol. The third-order valence-corrected chi connectivity index (χ3v) is 9.37. The van der Waals surface area contributed by atoms with E-state index in [1.54, 1.807) is 0 Å². The molecule has 0 atom stereocenters. The van der Waals surface area contributed by atoms with Crippen molar-refractivity contribution < 1.29 is 337 Å². The molecule has 13 heteroatoms. The zero-order chi connectivity index (χ0) is 37.3. The maximum Gasteiger partial charge on any atom is 0.568 e. The Hall–Kier alpha value is 4.62. The smallest absolute Gasteiger partial charge is 0.544 e. The minimum atomic E-state index is 0. The number of para-hydroxylation sites is 1. The monoisotopic (exact) mass is 1580 g/mol. The fourth-order valence-corrected chi connectivity index (χ4v) is 6.78. The molecule has 8 aromatic rings. The van der Waals surface area contributed by atoms with E-state index in [1.165, 1.54) is 38.9 Å². The van der Waals surface area contributed by atoms with Crippen molar-refractivity contribution in [1.82, 2.24) is 0 Å². The molecule has 291 valence electrons. The molecule has 0 bridgehead atoms. The molecule has 0 saturated heterocycles. The summed E-state index contributed by atoms with van der Waals surface area (Å²) in [4.78, 5) is 0. The van der Waals surface area contributed by atoms with Crippen molar-refractivity contribution in [2.45, 2.75) is 20.8 Å². The van der Waals surface area contributed by atoms with Gasteiger partial charge in [-0.15, -0.1) is 107 Å². The molecule has 0 fully saturated rings. The number of fused-ring (bicyclic) bond motifs is 8. The molecular formula is C51H36BO2Y10-6. The van der Waals surface area contributed by atoms with Crippen molar-refractivity contribution in [3.8, 4) is 72.5 Å². The van der Waals surface area contributed by atoms with E-state index in [1.807, 2.05) is 97.9 Å². The SMILES string of the molecule is Cc1ccc[c-]c1-c1[c-]cccc1C.Cc1ccc[c-]c1-c1ccccc1O[B]O.[Y].[Y].[Y].[Y].[Y].[Y].[Y].[Y].[Y].[Y].[c-]1cccc2c1-c1[c-]cccc1-c1ccccc1-c1[c-]cccc1-2. The zero-order valence-electron chi connectivity index (χ0n) is 36.2. The van der Waals surface area contributed by atoms with E-state index in [-0.39, 0.29) is 327 Å². The molecular weight excluding hydrogens is 1540 g/mol.